The lowest BCUT2D eigenvalue weighted by Crippen LogP contribution is -2.61. The van der Waals surface area contributed by atoms with Crippen LogP contribution < -0.4 is 26.2 Å². The van der Waals surface area contributed by atoms with E-state index in [9.17, 15) is 0 Å². The Morgan fingerprint density at radius 3 is 1.19 bits per heavy atom. The molecule has 0 bridgehead atoms. The first-order chi connectivity index (χ1) is 38.7. The molecule has 12 aromatic rings. The molecule has 3 heterocycles. The smallest absolute Gasteiger partial charge is 0.252 e. The van der Waals surface area contributed by atoms with Crippen LogP contribution in [0.25, 0.3) is 76.6 Å². The molecule has 0 saturated carbocycles. The van der Waals surface area contributed by atoms with Gasteiger partial charge >= 0.3 is 0 Å². The van der Waals surface area contributed by atoms with E-state index >= 15 is 0 Å². The molecule has 81 heavy (non-hydrogen) atoms. The van der Waals surface area contributed by atoms with Gasteiger partial charge in [-0.15, -0.1) is 0 Å². The van der Waals surface area contributed by atoms with Crippen LogP contribution in [0.5, 0.6) is 0 Å². The van der Waals surface area contributed by atoms with Gasteiger partial charge in [-0.25, -0.2) is 9.97 Å². The van der Waals surface area contributed by atoms with Crippen LogP contribution in [0.15, 0.2) is 200 Å². The molecule has 0 fully saturated rings. The minimum Gasteiger partial charge on any atom is -0.311 e. The molecule has 0 saturated heterocycles. The molecule has 5 heteroatoms. The quantitative estimate of drug-likeness (QED) is 0.130. The molecule has 0 aliphatic carbocycles. The van der Waals surface area contributed by atoms with Gasteiger partial charge in [-0.1, -0.05) is 229 Å². The summed E-state index contributed by atoms with van der Waals surface area (Å²) in [6, 6.07) is 75.9. The summed E-state index contributed by atoms with van der Waals surface area (Å²) in [7, 11) is 0. The van der Waals surface area contributed by atoms with Crippen LogP contribution in [-0.4, -0.2) is 16.7 Å². The van der Waals surface area contributed by atoms with Gasteiger partial charge in [-0.05, 0) is 158 Å². The van der Waals surface area contributed by atoms with Gasteiger partial charge < -0.3 is 9.80 Å². The number of aromatic nitrogens is 2. The van der Waals surface area contributed by atoms with E-state index in [-0.39, 0.29) is 28.4 Å². The Hall–Kier alpha value is -8.54. The van der Waals surface area contributed by atoms with Crippen LogP contribution in [-0.2, 0) is 21.7 Å². The van der Waals surface area contributed by atoms with Gasteiger partial charge in [0.2, 0.25) is 0 Å². The van der Waals surface area contributed by atoms with Gasteiger partial charge in [0, 0.05) is 50.6 Å². The Bertz CT molecular complexity index is 4290. The average Bonchev–Trinajstić information content (AvgIpc) is 1.69. The highest BCUT2D eigenvalue weighted by atomic mass is 15.2. The number of para-hydroxylation sites is 1. The van der Waals surface area contributed by atoms with Gasteiger partial charge in [0.05, 0.1) is 11.2 Å². The first kappa shape index (κ1) is 50.7. The Balaban J connectivity index is 1.19. The van der Waals surface area contributed by atoms with Crippen LogP contribution in [0, 0.1) is 0 Å². The largest absolute Gasteiger partial charge is 0.311 e. The van der Waals surface area contributed by atoms with Crippen molar-refractivity contribution in [3.8, 4) is 22.6 Å². The monoisotopic (exact) mass is 1050 g/mol. The van der Waals surface area contributed by atoms with Crippen molar-refractivity contribution >= 4 is 111 Å². The maximum absolute atomic E-state index is 5.67. The Labute approximate surface area is 478 Å². The molecule has 0 spiro atoms. The van der Waals surface area contributed by atoms with E-state index in [2.05, 4.69) is 293 Å². The lowest BCUT2D eigenvalue weighted by Gasteiger charge is -2.45. The van der Waals surface area contributed by atoms with Crippen molar-refractivity contribution in [1.29, 1.82) is 0 Å². The maximum atomic E-state index is 5.67. The van der Waals surface area contributed by atoms with E-state index in [1.54, 1.807) is 0 Å². The highest BCUT2D eigenvalue weighted by Crippen LogP contribution is 2.50. The second kappa shape index (κ2) is 18.0. The zero-order valence-electron chi connectivity index (χ0n) is 48.9. The molecule has 0 radical (unpaired) electrons. The fourth-order valence-corrected chi connectivity index (χ4v) is 12.9. The topological polar surface area (TPSA) is 32.3 Å². The molecule has 0 N–H and O–H groups in total. The summed E-state index contributed by atoms with van der Waals surface area (Å²) >= 11 is 0. The standard InChI is InChI=1S/C76H69BN4/c1-73(2,3)52-38-53(74(4,5)6)41-56(40-52)80-66-44-61-49(32-30-46-22-16-18-26-58(46)61)34-63(66)77-64-35-50-33-31-47-23-17-19-27-59(47)62(50)45-67(64)81(57-42-54(75(7,8)9)39-55(43-57)76(10,11)12)69-37-51(36-68(80)70(69)77)72-78-65-29-21-20-28-60(65)71(79-72)48-24-14-13-15-25-48/h13-45H,1-12H3. The molecule has 2 aliphatic heterocycles. The first-order valence-corrected chi connectivity index (χ1v) is 29.0. The zero-order valence-corrected chi connectivity index (χ0v) is 48.9. The third kappa shape index (κ3) is 8.41. The van der Waals surface area contributed by atoms with E-state index in [1.807, 2.05) is 0 Å². The molecule has 11 aromatic carbocycles. The molecule has 0 amide bonds. The van der Waals surface area contributed by atoms with Crippen LogP contribution in [0.1, 0.15) is 105 Å². The molecule has 0 unspecified atom stereocenters. The summed E-state index contributed by atoms with van der Waals surface area (Å²) in [5.74, 6) is 0.686. The fraction of sp³-hybridized carbons (Fsp3) is 0.211. The summed E-state index contributed by atoms with van der Waals surface area (Å²) in [6.07, 6.45) is 0. The highest BCUT2D eigenvalue weighted by molar-refractivity contribution is 7.00. The van der Waals surface area contributed by atoms with Crippen LogP contribution in [0.2, 0.25) is 0 Å². The van der Waals surface area contributed by atoms with Crippen LogP contribution >= 0.6 is 0 Å². The van der Waals surface area contributed by atoms with Crippen molar-refractivity contribution in [2.45, 2.75) is 105 Å². The van der Waals surface area contributed by atoms with E-state index in [0.29, 0.717) is 5.82 Å². The lowest BCUT2D eigenvalue weighted by molar-refractivity contribution is 0.568. The van der Waals surface area contributed by atoms with Crippen molar-refractivity contribution in [2.24, 2.45) is 0 Å². The maximum Gasteiger partial charge on any atom is 0.252 e. The van der Waals surface area contributed by atoms with E-state index < -0.39 is 0 Å². The van der Waals surface area contributed by atoms with Gasteiger partial charge in [0.25, 0.3) is 6.71 Å². The molecule has 14 rings (SSSR count). The molecule has 1 aromatic heterocycles. The normalized spacial score (nSPS) is 13.6. The number of nitrogens with zero attached hydrogens (tertiary/aromatic N) is 4. The van der Waals surface area contributed by atoms with Gasteiger partial charge in [0.1, 0.15) is 0 Å². The summed E-state index contributed by atoms with van der Waals surface area (Å²) in [4.78, 5) is 16.5. The van der Waals surface area contributed by atoms with E-state index in [1.165, 1.54) is 93.1 Å². The predicted octanol–water partition coefficient (Wildman–Crippen LogP) is 18.8. The summed E-state index contributed by atoms with van der Waals surface area (Å²) in [5.41, 5.74) is 19.2. The molecule has 0 atom stereocenters. The SMILES string of the molecule is CC(C)(C)c1cc(N2c3cc4c(ccc5ccccc54)cc3B3c4cc5ccc6ccccc6c5cc4N(c4cc(C(C)(C)C)cc(C(C)(C)C)c4)c4cc(-c5nc(-c6ccccc6)c6ccccc6n5)cc2c43)cc(C(C)(C)C)c1. The van der Waals surface area contributed by atoms with Crippen LogP contribution in [0.4, 0.5) is 34.1 Å². The highest BCUT2D eigenvalue weighted by Gasteiger charge is 2.45. The third-order valence-corrected chi connectivity index (χ3v) is 17.5. The molecule has 396 valence electrons. The third-order valence-electron chi connectivity index (χ3n) is 17.5. The molecular weight excluding hydrogens is 980 g/mol. The number of benzene rings is 11. The van der Waals surface area contributed by atoms with Crippen molar-refractivity contribution in [3.63, 3.8) is 0 Å². The van der Waals surface area contributed by atoms with Gasteiger partial charge in [-0.3, -0.25) is 0 Å². The molecule has 2 aliphatic rings. The van der Waals surface area contributed by atoms with Gasteiger partial charge in [0.15, 0.2) is 5.82 Å². The molecule has 4 nitrogen and oxygen atoms in total. The zero-order chi connectivity index (χ0) is 56.1. The second-order valence-corrected chi connectivity index (χ2v) is 27.2. The van der Waals surface area contributed by atoms with Crippen molar-refractivity contribution < 1.29 is 0 Å². The van der Waals surface area contributed by atoms with E-state index in [0.717, 1.165) is 50.5 Å². The number of hydrogen-bond acceptors (Lipinski definition) is 4. The molecular formula is C76H69BN4. The second-order valence-electron chi connectivity index (χ2n) is 27.2. The average molecular weight is 1050 g/mol. The van der Waals surface area contributed by atoms with E-state index in [4.69, 9.17) is 9.97 Å². The predicted molar refractivity (Wildman–Crippen MR) is 349 cm³/mol. The summed E-state index contributed by atoms with van der Waals surface area (Å²) in [6.45, 7) is 28.0. The first-order valence-electron chi connectivity index (χ1n) is 29.0. The lowest BCUT2D eigenvalue weighted by atomic mass is 9.33. The van der Waals surface area contributed by atoms with Gasteiger partial charge in [-0.2, -0.15) is 0 Å². The summed E-state index contributed by atoms with van der Waals surface area (Å²) in [5, 5.41) is 10.9. The van der Waals surface area contributed by atoms with Crippen molar-refractivity contribution in [2.75, 3.05) is 9.80 Å². The minimum atomic E-state index is -0.147. The Morgan fingerprint density at radius 1 is 0.321 bits per heavy atom. The number of fused-ring (bicyclic) bond motifs is 11. The summed E-state index contributed by atoms with van der Waals surface area (Å²) < 4.78 is 0. The Morgan fingerprint density at radius 2 is 0.728 bits per heavy atom. The van der Waals surface area contributed by atoms with Crippen molar-refractivity contribution in [3.05, 3.63) is 222 Å². The fourth-order valence-electron chi connectivity index (χ4n) is 12.9. The minimum absolute atomic E-state index is 0.130. The van der Waals surface area contributed by atoms with Crippen LogP contribution in [0.3, 0.4) is 0 Å². The van der Waals surface area contributed by atoms with Crippen molar-refractivity contribution in [1.82, 2.24) is 9.97 Å². The number of hydrogen-bond donors (Lipinski definition) is 0. The number of rotatable bonds is 4. The Kier molecular flexibility index (Phi) is 11.3. The number of anilines is 6.